The maximum Gasteiger partial charge on any atom is 0.435 e. The lowest BCUT2D eigenvalue weighted by atomic mass is 9.85. The smallest absolute Gasteiger partial charge is 0.352 e. The fourth-order valence-electron chi connectivity index (χ4n) is 1.93. The van der Waals surface area contributed by atoms with Crippen LogP contribution in [0.5, 0.6) is 0 Å². The Labute approximate surface area is 102 Å². The minimum atomic E-state index is -4.62. The molecule has 7 heteroatoms. The molecule has 4 nitrogen and oxygen atoms in total. The highest BCUT2D eigenvalue weighted by Gasteiger charge is 2.39. The molecule has 0 radical (unpaired) electrons. The molecule has 18 heavy (non-hydrogen) atoms. The van der Waals surface area contributed by atoms with E-state index in [0.717, 1.165) is 19.3 Å². The predicted molar refractivity (Wildman–Crippen MR) is 58.0 cm³/mol. The van der Waals surface area contributed by atoms with E-state index in [0.29, 0.717) is 12.5 Å². The van der Waals surface area contributed by atoms with Gasteiger partial charge in [0.25, 0.3) is 5.91 Å². The molecule has 0 bridgehead atoms. The molecular formula is C11H14F3N3O. The van der Waals surface area contributed by atoms with Crippen LogP contribution in [0.2, 0.25) is 0 Å². The maximum absolute atomic E-state index is 12.6. The molecule has 0 atom stereocenters. The number of halogens is 3. The van der Waals surface area contributed by atoms with E-state index in [1.165, 1.54) is 6.92 Å². The Morgan fingerprint density at radius 3 is 2.67 bits per heavy atom. The van der Waals surface area contributed by atoms with E-state index < -0.39 is 23.3 Å². The third kappa shape index (κ3) is 2.49. The molecule has 1 fully saturated rings. The number of hydrogen-bond acceptors (Lipinski definition) is 2. The molecule has 0 spiro atoms. The lowest BCUT2D eigenvalue weighted by molar-refractivity contribution is -0.141. The molecular weight excluding hydrogens is 247 g/mol. The normalized spacial score (nSPS) is 16.4. The second-order valence-corrected chi connectivity index (χ2v) is 4.58. The Bertz CT molecular complexity index is 449. The van der Waals surface area contributed by atoms with Gasteiger partial charge in [-0.25, -0.2) is 0 Å². The van der Waals surface area contributed by atoms with Crippen LogP contribution < -0.4 is 5.32 Å². The van der Waals surface area contributed by atoms with Crippen LogP contribution in [0.4, 0.5) is 13.2 Å². The molecule has 1 saturated carbocycles. The van der Waals surface area contributed by atoms with Gasteiger partial charge in [-0.05, 0) is 25.7 Å². The summed E-state index contributed by atoms with van der Waals surface area (Å²) in [7, 11) is 0. The zero-order valence-electron chi connectivity index (χ0n) is 9.90. The van der Waals surface area contributed by atoms with Gasteiger partial charge in [0.1, 0.15) is 0 Å². The largest absolute Gasteiger partial charge is 0.435 e. The topological polar surface area (TPSA) is 57.8 Å². The Balaban J connectivity index is 2.10. The van der Waals surface area contributed by atoms with Crippen LogP contribution in [0, 0.1) is 12.8 Å². The number of carbonyl (C=O) groups is 1. The van der Waals surface area contributed by atoms with Gasteiger partial charge in [0.2, 0.25) is 0 Å². The minimum absolute atomic E-state index is 0.133. The van der Waals surface area contributed by atoms with E-state index >= 15 is 0 Å². The summed E-state index contributed by atoms with van der Waals surface area (Å²) in [4.78, 5) is 11.8. The molecule has 2 N–H and O–H groups in total. The fraction of sp³-hybridized carbons (Fsp3) is 0.636. The molecule has 1 aromatic heterocycles. The summed E-state index contributed by atoms with van der Waals surface area (Å²) in [5, 5.41) is 7.91. The average molecular weight is 261 g/mol. The molecule has 1 heterocycles. The van der Waals surface area contributed by atoms with Gasteiger partial charge < -0.3 is 5.32 Å². The quantitative estimate of drug-likeness (QED) is 0.876. The van der Waals surface area contributed by atoms with Crippen molar-refractivity contribution in [3.63, 3.8) is 0 Å². The van der Waals surface area contributed by atoms with Crippen LogP contribution in [0.15, 0.2) is 0 Å². The summed E-state index contributed by atoms with van der Waals surface area (Å²) in [5.74, 6) is -0.309. The molecule has 1 amide bonds. The number of alkyl halides is 3. The van der Waals surface area contributed by atoms with Crippen LogP contribution in [-0.2, 0) is 6.18 Å². The zero-order valence-corrected chi connectivity index (χ0v) is 9.90. The molecule has 0 unspecified atom stereocenters. The highest BCUT2D eigenvalue weighted by Crippen LogP contribution is 2.31. The molecule has 1 aliphatic carbocycles. The highest BCUT2D eigenvalue weighted by atomic mass is 19.4. The van der Waals surface area contributed by atoms with Gasteiger partial charge >= 0.3 is 6.18 Å². The average Bonchev–Trinajstić information content (AvgIpc) is 2.57. The number of rotatable bonds is 3. The van der Waals surface area contributed by atoms with Gasteiger partial charge in [0, 0.05) is 12.2 Å². The molecule has 1 aliphatic rings. The highest BCUT2D eigenvalue weighted by molar-refractivity contribution is 5.96. The van der Waals surface area contributed by atoms with Crippen LogP contribution in [0.25, 0.3) is 0 Å². The first-order valence-corrected chi connectivity index (χ1v) is 5.80. The second-order valence-electron chi connectivity index (χ2n) is 4.58. The summed E-state index contributed by atoms with van der Waals surface area (Å²) >= 11 is 0. The number of H-pyrrole nitrogens is 1. The maximum atomic E-state index is 12.6. The first-order valence-electron chi connectivity index (χ1n) is 5.80. The predicted octanol–water partition coefficient (Wildman–Crippen LogP) is 2.27. The van der Waals surface area contributed by atoms with Crippen molar-refractivity contribution in [2.75, 3.05) is 6.54 Å². The summed E-state index contributed by atoms with van der Waals surface area (Å²) in [6, 6.07) is 0. The molecule has 2 rings (SSSR count). The summed E-state index contributed by atoms with van der Waals surface area (Å²) in [6.07, 6.45) is -1.44. The summed E-state index contributed by atoms with van der Waals surface area (Å²) < 4.78 is 37.9. The van der Waals surface area contributed by atoms with Crippen molar-refractivity contribution < 1.29 is 18.0 Å². The molecule has 100 valence electrons. The Morgan fingerprint density at radius 2 is 2.17 bits per heavy atom. The van der Waals surface area contributed by atoms with Crippen molar-refractivity contribution in [3.05, 3.63) is 17.0 Å². The first kappa shape index (κ1) is 12.9. The van der Waals surface area contributed by atoms with Crippen LogP contribution in [-0.4, -0.2) is 22.6 Å². The number of hydrogen-bond donors (Lipinski definition) is 2. The number of aryl methyl sites for hydroxylation is 1. The van der Waals surface area contributed by atoms with Crippen molar-refractivity contribution in [1.29, 1.82) is 0 Å². The van der Waals surface area contributed by atoms with Crippen molar-refractivity contribution in [1.82, 2.24) is 15.5 Å². The van der Waals surface area contributed by atoms with E-state index in [-0.39, 0.29) is 5.69 Å². The number of amides is 1. The first-order chi connectivity index (χ1) is 8.39. The number of nitrogens with zero attached hydrogens (tertiary/aromatic N) is 1. The van der Waals surface area contributed by atoms with Gasteiger partial charge in [-0.3, -0.25) is 9.89 Å². The standard InChI is InChI=1S/C11H14F3N3O/c1-6-8(9(17-16-6)11(12,13)14)10(18)15-5-7-3-2-4-7/h7H,2-5H2,1H3,(H,15,18)(H,16,17). The summed E-state index contributed by atoms with van der Waals surface area (Å²) in [5.41, 5.74) is -1.42. The zero-order chi connectivity index (χ0) is 13.3. The SMILES string of the molecule is Cc1[nH]nc(C(F)(F)F)c1C(=O)NCC1CCC1. The van der Waals surface area contributed by atoms with Crippen LogP contribution >= 0.6 is 0 Å². The number of nitrogens with one attached hydrogen (secondary N) is 2. The monoisotopic (exact) mass is 261 g/mol. The molecule has 0 saturated heterocycles. The third-order valence-corrected chi connectivity index (χ3v) is 3.22. The lowest BCUT2D eigenvalue weighted by Gasteiger charge is -2.25. The Morgan fingerprint density at radius 1 is 1.50 bits per heavy atom. The molecule has 0 aliphatic heterocycles. The van der Waals surface area contributed by atoms with Gasteiger partial charge in [-0.15, -0.1) is 0 Å². The number of carbonyl (C=O) groups excluding carboxylic acids is 1. The third-order valence-electron chi connectivity index (χ3n) is 3.22. The Hall–Kier alpha value is -1.53. The fourth-order valence-corrected chi connectivity index (χ4v) is 1.93. The van der Waals surface area contributed by atoms with Crippen molar-refractivity contribution >= 4 is 5.91 Å². The van der Waals surface area contributed by atoms with E-state index in [2.05, 4.69) is 15.5 Å². The summed E-state index contributed by atoms with van der Waals surface area (Å²) in [6.45, 7) is 1.83. The van der Waals surface area contributed by atoms with Crippen LogP contribution in [0.1, 0.15) is 41.0 Å². The van der Waals surface area contributed by atoms with Gasteiger partial charge in [0.15, 0.2) is 5.69 Å². The van der Waals surface area contributed by atoms with Crippen LogP contribution in [0.3, 0.4) is 0 Å². The van der Waals surface area contributed by atoms with Crippen molar-refractivity contribution in [2.45, 2.75) is 32.4 Å². The van der Waals surface area contributed by atoms with E-state index in [1.54, 1.807) is 0 Å². The van der Waals surface area contributed by atoms with Gasteiger partial charge in [-0.2, -0.15) is 18.3 Å². The Kier molecular flexibility index (Phi) is 3.32. The number of aromatic amines is 1. The minimum Gasteiger partial charge on any atom is -0.352 e. The molecule has 0 aromatic carbocycles. The van der Waals surface area contributed by atoms with Crippen molar-refractivity contribution in [3.8, 4) is 0 Å². The number of aromatic nitrogens is 2. The van der Waals surface area contributed by atoms with E-state index in [4.69, 9.17) is 0 Å². The van der Waals surface area contributed by atoms with E-state index in [9.17, 15) is 18.0 Å². The van der Waals surface area contributed by atoms with Crippen molar-refractivity contribution in [2.24, 2.45) is 5.92 Å². The van der Waals surface area contributed by atoms with Gasteiger partial charge in [0.05, 0.1) is 5.56 Å². The second kappa shape index (κ2) is 4.62. The lowest BCUT2D eigenvalue weighted by Crippen LogP contribution is -2.33. The van der Waals surface area contributed by atoms with Gasteiger partial charge in [-0.1, -0.05) is 6.42 Å². The molecule has 1 aromatic rings. The van der Waals surface area contributed by atoms with E-state index in [1.807, 2.05) is 0 Å².